The third-order valence-electron chi connectivity index (χ3n) is 4.18. The van der Waals surface area contributed by atoms with Crippen molar-refractivity contribution in [1.29, 1.82) is 0 Å². The highest BCUT2D eigenvalue weighted by atomic mass is 16.3. The van der Waals surface area contributed by atoms with Gasteiger partial charge < -0.3 is 14.6 Å². The van der Waals surface area contributed by atoms with E-state index in [1.54, 1.807) is 6.20 Å². The molecule has 4 heteroatoms. The number of aliphatic hydroxyl groups excluding tert-OH is 1. The smallest absolute Gasteiger partial charge is 0.0949 e. The Morgan fingerprint density at radius 3 is 2.57 bits per heavy atom. The summed E-state index contributed by atoms with van der Waals surface area (Å²) in [6, 6.07) is 8.79. The van der Waals surface area contributed by atoms with Gasteiger partial charge >= 0.3 is 0 Å². The summed E-state index contributed by atoms with van der Waals surface area (Å²) in [4.78, 5) is 6.41. The number of hydrogen-bond donors (Lipinski definition) is 1. The Bertz CT molecular complexity index is 544. The van der Waals surface area contributed by atoms with Crippen LogP contribution in [0.2, 0.25) is 0 Å². The van der Waals surface area contributed by atoms with E-state index in [2.05, 4.69) is 45.8 Å². The van der Waals surface area contributed by atoms with Crippen LogP contribution in [0.5, 0.6) is 0 Å². The summed E-state index contributed by atoms with van der Waals surface area (Å²) in [5.41, 5.74) is 2.63. The van der Waals surface area contributed by atoms with Crippen molar-refractivity contribution < 1.29 is 5.11 Å². The van der Waals surface area contributed by atoms with Gasteiger partial charge in [-0.15, -0.1) is 0 Å². The molecule has 1 fully saturated rings. The van der Waals surface area contributed by atoms with Crippen LogP contribution < -0.4 is 0 Å². The van der Waals surface area contributed by atoms with Crippen LogP contribution in [0.15, 0.2) is 43.0 Å². The second-order valence-electron chi connectivity index (χ2n) is 6.24. The Morgan fingerprint density at radius 2 is 1.95 bits per heavy atom. The van der Waals surface area contributed by atoms with E-state index in [0.29, 0.717) is 5.92 Å². The number of nitrogens with zero attached hydrogens (tertiary/aromatic N) is 3. The van der Waals surface area contributed by atoms with Crippen molar-refractivity contribution in [2.45, 2.75) is 32.0 Å². The van der Waals surface area contributed by atoms with Gasteiger partial charge in [0.25, 0.3) is 0 Å². The highest BCUT2D eigenvalue weighted by Crippen LogP contribution is 2.27. The van der Waals surface area contributed by atoms with Crippen molar-refractivity contribution in [3.05, 3.63) is 54.1 Å². The van der Waals surface area contributed by atoms with E-state index < -0.39 is 0 Å². The molecule has 3 rings (SSSR count). The maximum Gasteiger partial charge on any atom is 0.0949 e. The molecule has 21 heavy (non-hydrogen) atoms. The van der Waals surface area contributed by atoms with E-state index in [0.717, 1.165) is 32.5 Å². The zero-order valence-corrected chi connectivity index (χ0v) is 12.5. The lowest BCUT2D eigenvalue weighted by atomic mass is 9.82. The lowest BCUT2D eigenvalue weighted by Crippen LogP contribution is -2.36. The predicted octanol–water partition coefficient (Wildman–Crippen LogP) is 2.13. The van der Waals surface area contributed by atoms with Gasteiger partial charge in [-0.2, -0.15) is 0 Å². The quantitative estimate of drug-likeness (QED) is 0.884. The van der Waals surface area contributed by atoms with E-state index in [1.165, 1.54) is 11.1 Å². The van der Waals surface area contributed by atoms with Crippen LogP contribution in [-0.4, -0.2) is 39.3 Å². The van der Waals surface area contributed by atoms with Gasteiger partial charge in [-0.25, -0.2) is 4.98 Å². The summed E-state index contributed by atoms with van der Waals surface area (Å²) in [7, 11) is 2.16. The third-order valence-corrected chi connectivity index (χ3v) is 4.18. The van der Waals surface area contributed by atoms with Gasteiger partial charge in [0.05, 0.1) is 12.4 Å². The number of aromatic nitrogens is 2. The van der Waals surface area contributed by atoms with E-state index in [4.69, 9.17) is 0 Å². The van der Waals surface area contributed by atoms with Gasteiger partial charge in [0.15, 0.2) is 0 Å². The molecule has 1 heterocycles. The molecule has 1 aromatic heterocycles. The minimum absolute atomic E-state index is 0.0501. The summed E-state index contributed by atoms with van der Waals surface area (Å²) in [6.07, 6.45) is 7.51. The highest BCUT2D eigenvalue weighted by Gasteiger charge is 2.27. The zero-order valence-electron chi connectivity index (χ0n) is 12.5. The highest BCUT2D eigenvalue weighted by molar-refractivity contribution is 5.22. The topological polar surface area (TPSA) is 41.3 Å². The van der Waals surface area contributed by atoms with E-state index >= 15 is 0 Å². The first-order chi connectivity index (χ1) is 10.2. The molecule has 0 amide bonds. The average molecular weight is 285 g/mol. The van der Waals surface area contributed by atoms with Crippen LogP contribution in [0, 0.1) is 5.92 Å². The fourth-order valence-corrected chi connectivity index (χ4v) is 3.01. The van der Waals surface area contributed by atoms with Crippen LogP contribution in [0.1, 0.15) is 24.0 Å². The van der Waals surface area contributed by atoms with E-state index in [9.17, 15) is 5.11 Å². The summed E-state index contributed by atoms with van der Waals surface area (Å²) >= 11 is 0. The summed E-state index contributed by atoms with van der Waals surface area (Å²) < 4.78 is 2.07. The SMILES string of the molecule is CN(Cc1ccc(Cn2ccnc2)cc1)CC1CC(O)C1. The van der Waals surface area contributed by atoms with E-state index in [1.807, 2.05) is 12.5 Å². The maximum absolute atomic E-state index is 9.33. The summed E-state index contributed by atoms with van der Waals surface area (Å²) in [6.45, 7) is 2.92. The number of imidazole rings is 1. The van der Waals surface area contributed by atoms with Crippen molar-refractivity contribution in [3.8, 4) is 0 Å². The molecule has 0 saturated heterocycles. The molecule has 0 aliphatic heterocycles. The molecule has 1 aromatic carbocycles. The normalized spacial score (nSPS) is 21.5. The first kappa shape index (κ1) is 14.3. The molecular formula is C17H23N3O. The van der Waals surface area contributed by atoms with Gasteiger partial charge in [0.2, 0.25) is 0 Å². The monoisotopic (exact) mass is 285 g/mol. The van der Waals surface area contributed by atoms with Crippen molar-refractivity contribution in [3.63, 3.8) is 0 Å². The molecule has 1 N–H and O–H groups in total. The second kappa shape index (κ2) is 6.41. The molecule has 0 spiro atoms. The van der Waals surface area contributed by atoms with Crippen LogP contribution in [0.4, 0.5) is 0 Å². The van der Waals surface area contributed by atoms with Crippen LogP contribution in [0.25, 0.3) is 0 Å². The number of hydrogen-bond acceptors (Lipinski definition) is 3. The molecule has 0 atom stereocenters. The molecule has 4 nitrogen and oxygen atoms in total. The van der Waals surface area contributed by atoms with Crippen molar-refractivity contribution >= 4 is 0 Å². The predicted molar refractivity (Wildman–Crippen MR) is 82.8 cm³/mol. The van der Waals surface area contributed by atoms with Gasteiger partial charge in [0, 0.05) is 32.0 Å². The van der Waals surface area contributed by atoms with Gasteiger partial charge in [-0.1, -0.05) is 24.3 Å². The Labute approximate surface area is 126 Å². The number of benzene rings is 1. The first-order valence-electron chi connectivity index (χ1n) is 7.59. The molecule has 0 radical (unpaired) electrons. The fraction of sp³-hybridized carbons (Fsp3) is 0.471. The molecule has 1 saturated carbocycles. The standard InChI is InChI=1S/C17H23N3O/c1-19(11-16-8-17(21)9-16)10-14-2-4-15(5-3-14)12-20-7-6-18-13-20/h2-7,13,16-17,21H,8-12H2,1H3. The lowest BCUT2D eigenvalue weighted by Gasteiger charge is -2.34. The van der Waals surface area contributed by atoms with Gasteiger partial charge in [-0.3, -0.25) is 0 Å². The Balaban J connectivity index is 1.49. The Morgan fingerprint density at radius 1 is 1.24 bits per heavy atom. The fourth-order valence-electron chi connectivity index (χ4n) is 3.01. The molecule has 1 aliphatic rings. The Hall–Kier alpha value is -1.65. The van der Waals surface area contributed by atoms with Crippen LogP contribution in [-0.2, 0) is 13.1 Å². The third kappa shape index (κ3) is 3.93. The van der Waals surface area contributed by atoms with Crippen molar-refractivity contribution in [1.82, 2.24) is 14.5 Å². The minimum Gasteiger partial charge on any atom is -0.393 e. The van der Waals surface area contributed by atoms with Crippen molar-refractivity contribution in [2.24, 2.45) is 5.92 Å². The molecule has 2 aromatic rings. The Kier molecular flexibility index (Phi) is 4.36. The average Bonchev–Trinajstić information content (AvgIpc) is 2.92. The maximum atomic E-state index is 9.33. The second-order valence-corrected chi connectivity index (χ2v) is 6.24. The number of aliphatic hydroxyl groups is 1. The molecule has 1 aliphatic carbocycles. The minimum atomic E-state index is -0.0501. The molecular weight excluding hydrogens is 262 g/mol. The first-order valence-corrected chi connectivity index (χ1v) is 7.59. The number of rotatable bonds is 6. The summed E-state index contributed by atoms with van der Waals surface area (Å²) in [5.74, 6) is 0.672. The van der Waals surface area contributed by atoms with E-state index in [-0.39, 0.29) is 6.10 Å². The zero-order chi connectivity index (χ0) is 14.7. The van der Waals surface area contributed by atoms with Gasteiger partial charge in [0.1, 0.15) is 0 Å². The lowest BCUT2D eigenvalue weighted by molar-refractivity contribution is 0.0274. The molecule has 112 valence electrons. The van der Waals surface area contributed by atoms with Gasteiger partial charge in [-0.05, 0) is 36.9 Å². The van der Waals surface area contributed by atoms with Crippen molar-refractivity contribution in [2.75, 3.05) is 13.6 Å². The largest absolute Gasteiger partial charge is 0.393 e. The van der Waals surface area contributed by atoms with Crippen LogP contribution >= 0.6 is 0 Å². The molecule has 0 bridgehead atoms. The van der Waals surface area contributed by atoms with Crippen LogP contribution in [0.3, 0.4) is 0 Å². The summed E-state index contributed by atoms with van der Waals surface area (Å²) in [5, 5.41) is 9.33. The molecule has 0 unspecified atom stereocenters.